The summed E-state index contributed by atoms with van der Waals surface area (Å²) in [6, 6.07) is 16.8. The summed E-state index contributed by atoms with van der Waals surface area (Å²) in [7, 11) is 0. The van der Waals surface area contributed by atoms with Gasteiger partial charge in [-0.1, -0.05) is 61.5 Å². The van der Waals surface area contributed by atoms with Crippen LogP contribution in [0, 0.1) is 5.92 Å². The number of piperazine rings is 1. The van der Waals surface area contributed by atoms with Gasteiger partial charge in [0, 0.05) is 44.1 Å². The van der Waals surface area contributed by atoms with Crippen molar-refractivity contribution in [3.05, 3.63) is 71.3 Å². The van der Waals surface area contributed by atoms with E-state index in [9.17, 15) is 19.8 Å². The average molecular weight is 551 g/mol. The summed E-state index contributed by atoms with van der Waals surface area (Å²) >= 11 is 0. The maximum absolute atomic E-state index is 13.7. The fourth-order valence-electron chi connectivity index (χ4n) is 5.96. The summed E-state index contributed by atoms with van der Waals surface area (Å²) in [6.07, 6.45) is -0.230. The molecule has 0 radical (unpaired) electrons. The van der Waals surface area contributed by atoms with Crippen LogP contribution in [0.1, 0.15) is 56.8 Å². The second-order valence-corrected chi connectivity index (χ2v) is 12.4. The third kappa shape index (κ3) is 7.91. The highest BCUT2D eigenvalue weighted by Crippen LogP contribution is 2.32. The third-order valence-electron chi connectivity index (χ3n) is 8.02. The van der Waals surface area contributed by atoms with Crippen LogP contribution in [0.2, 0.25) is 0 Å². The molecule has 2 aromatic rings. The SMILES string of the molecule is CCN1CCN(C[C@@H](O)C[C@@H](Cc2ccccc2)C(=O)N[C@H]2c3ccccc3C[C@H]2O)[C@H](C(=O)NC(C)(C)C)C1. The largest absolute Gasteiger partial charge is 0.392 e. The van der Waals surface area contributed by atoms with E-state index in [1.807, 2.05) is 75.4 Å². The van der Waals surface area contributed by atoms with Crippen molar-refractivity contribution in [3.63, 3.8) is 0 Å². The summed E-state index contributed by atoms with van der Waals surface area (Å²) in [6.45, 7) is 11.3. The van der Waals surface area contributed by atoms with Crippen LogP contribution >= 0.6 is 0 Å². The molecule has 0 aromatic heterocycles. The molecule has 8 heteroatoms. The van der Waals surface area contributed by atoms with Crippen LogP contribution in [0.25, 0.3) is 0 Å². The number of aliphatic hydroxyl groups excluding tert-OH is 2. The number of likely N-dealkylation sites (N-methyl/N-ethyl adjacent to an activating group) is 1. The first kappa shape index (κ1) is 30.2. The van der Waals surface area contributed by atoms with Gasteiger partial charge in [0.25, 0.3) is 0 Å². The Morgan fingerprint density at radius 2 is 1.75 bits per heavy atom. The molecule has 1 saturated heterocycles. The first-order chi connectivity index (χ1) is 19.0. The highest BCUT2D eigenvalue weighted by Gasteiger charge is 2.37. The Morgan fingerprint density at radius 1 is 1.05 bits per heavy atom. The van der Waals surface area contributed by atoms with E-state index in [2.05, 4.69) is 27.4 Å². The summed E-state index contributed by atoms with van der Waals surface area (Å²) in [5, 5.41) is 28.2. The number of hydrogen-bond donors (Lipinski definition) is 4. The zero-order chi connectivity index (χ0) is 28.9. The molecule has 0 unspecified atom stereocenters. The number of hydrogen-bond acceptors (Lipinski definition) is 6. The highest BCUT2D eigenvalue weighted by molar-refractivity contribution is 5.83. The van der Waals surface area contributed by atoms with Crippen molar-refractivity contribution in [1.29, 1.82) is 0 Å². The lowest BCUT2D eigenvalue weighted by Gasteiger charge is -2.42. The number of β-amino-alcohol motifs (C(OH)–C–C–N with tert-alkyl or cyclic N) is 1. The van der Waals surface area contributed by atoms with E-state index >= 15 is 0 Å². The second kappa shape index (κ2) is 13.3. The number of nitrogens with one attached hydrogen (secondary N) is 2. The Labute approximate surface area is 238 Å². The van der Waals surface area contributed by atoms with Gasteiger partial charge in [-0.3, -0.25) is 14.5 Å². The van der Waals surface area contributed by atoms with Crippen molar-refractivity contribution in [1.82, 2.24) is 20.4 Å². The Bertz CT molecular complexity index is 1140. The summed E-state index contributed by atoms with van der Waals surface area (Å²) in [5.74, 6) is -0.706. The molecule has 218 valence electrons. The van der Waals surface area contributed by atoms with Gasteiger partial charge in [-0.15, -0.1) is 0 Å². The smallest absolute Gasteiger partial charge is 0.239 e. The Balaban J connectivity index is 1.47. The van der Waals surface area contributed by atoms with Crippen molar-refractivity contribution in [2.24, 2.45) is 5.92 Å². The molecule has 8 nitrogen and oxygen atoms in total. The lowest BCUT2D eigenvalue weighted by molar-refractivity contribution is -0.132. The molecular weight excluding hydrogens is 504 g/mol. The van der Waals surface area contributed by atoms with Crippen molar-refractivity contribution < 1.29 is 19.8 Å². The number of benzene rings is 2. The fourth-order valence-corrected chi connectivity index (χ4v) is 5.96. The van der Waals surface area contributed by atoms with Crippen LogP contribution in [0.3, 0.4) is 0 Å². The Kier molecular flexibility index (Phi) is 10.0. The van der Waals surface area contributed by atoms with E-state index in [4.69, 9.17) is 0 Å². The van der Waals surface area contributed by atoms with Crippen LogP contribution in [-0.4, -0.2) is 88.3 Å². The molecular formula is C32H46N4O4. The molecule has 0 spiro atoms. The summed E-state index contributed by atoms with van der Waals surface area (Å²) in [4.78, 5) is 31.2. The second-order valence-electron chi connectivity index (χ2n) is 12.4. The van der Waals surface area contributed by atoms with Crippen LogP contribution in [0.15, 0.2) is 54.6 Å². The number of fused-ring (bicyclic) bond motifs is 1. The molecule has 1 aliphatic carbocycles. The first-order valence-electron chi connectivity index (χ1n) is 14.6. The molecule has 0 saturated carbocycles. The van der Waals surface area contributed by atoms with Gasteiger partial charge in [0.1, 0.15) is 6.04 Å². The molecule has 1 heterocycles. The standard InChI is InChI=1S/C32H46N4O4/c1-5-35-15-16-36(27(21-35)31(40)34-32(2,3)4)20-25(37)18-24(17-22-11-7-6-8-12-22)30(39)33-29-26-14-10-9-13-23(26)19-28(29)38/h6-14,24-25,27-29,37-38H,5,15-21H2,1-4H3,(H,33,39)(H,34,40)/t24-,25+,27+,28-,29+/m1/s1. The normalized spacial score (nSPS) is 23.3. The minimum Gasteiger partial charge on any atom is -0.392 e. The van der Waals surface area contributed by atoms with Gasteiger partial charge in [-0.05, 0) is 56.8 Å². The van der Waals surface area contributed by atoms with Crippen molar-refractivity contribution in [2.45, 2.75) is 76.8 Å². The molecule has 1 fully saturated rings. The molecule has 2 aliphatic rings. The first-order valence-corrected chi connectivity index (χ1v) is 14.6. The number of carbonyl (C=O) groups is 2. The van der Waals surface area contributed by atoms with E-state index in [1.54, 1.807) is 0 Å². The number of amides is 2. The third-order valence-corrected chi connectivity index (χ3v) is 8.02. The van der Waals surface area contributed by atoms with Gasteiger partial charge in [-0.25, -0.2) is 0 Å². The zero-order valence-corrected chi connectivity index (χ0v) is 24.3. The quantitative estimate of drug-likeness (QED) is 0.362. The van der Waals surface area contributed by atoms with Crippen LogP contribution in [0.5, 0.6) is 0 Å². The van der Waals surface area contributed by atoms with Gasteiger partial charge < -0.3 is 25.7 Å². The average Bonchev–Trinajstić information content (AvgIpc) is 3.22. The van der Waals surface area contributed by atoms with E-state index in [0.29, 0.717) is 32.5 Å². The molecule has 2 amide bonds. The van der Waals surface area contributed by atoms with E-state index in [0.717, 1.165) is 29.8 Å². The zero-order valence-electron chi connectivity index (χ0n) is 24.3. The number of carbonyl (C=O) groups excluding carboxylic acids is 2. The summed E-state index contributed by atoms with van der Waals surface area (Å²) < 4.78 is 0. The lowest BCUT2D eigenvalue weighted by atomic mass is 9.91. The maximum atomic E-state index is 13.7. The Hall–Kier alpha value is -2.78. The van der Waals surface area contributed by atoms with Gasteiger partial charge in [0.05, 0.1) is 18.2 Å². The minimum atomic E-state index is -0.793. The molecule has 1 aliphatic heterocycles. The maximum Gasteiger partial charge on any atom is 0.239 e. The lowest BCUT2D eigenvalue weighted by Crippen LogP contribution is -2.62. The monoisotopic (exact) mass is 550 g/mol. The molecule has 2 aromatic carbocycles. The number of aliphatic hydroxyl groups is 2. The van der Waals surface area contributed by atoms with Gasteiger partial charge in [-0.2, -0.15) is 0 Å². The van der Waals surface area contributed by atoms with Crippen molar-refractivity contribution >= 4 is 11.8 Å². The predicted octanol–water partition coefficient (Wildman–Crippen LogP) is 2.29. The van der Waals surface area contributed by atoms with Gasteiger partial charge in [0.2, 0.25) is 11.8 Å². The fraction of sp³-hybridized carbons (Fsp3) is 0.562. The van der Waals surface area contributed by atoms with Crippen LogP contribution in [0.4, 0.5) is 0 Å². The molecule has 4 rings (SSSR count). The minimum absolute atomic E-state index is 0.0367. The van der Waals surface area contributed by atoms with E-state index in [-0.39, 0.29) is 29.8 Å². The van der Waals surface area contributed by atoms with Crippen LogP contribution < -0.4 is 10.6 Å². The van der Waals surface area contributed by atoms with Gasteiger partial charge in [0.15, 0.2) is 0 Å². The highest BCUT2D eigenvalue weighted by atomic mass is 16.3. The molecule has 0 bridgehead atoms. The number of nitrogens with zero attached hydrogens (tertiary/aromatic N) is 2. The number of rotatable bonds is 10. The van der Waals surface area contributed by atoms with E-state index < -0.39 is 24.2 Å². The summed E-state index contributed by atoms with van der Waals surface area (Å²) in [5.41, 5.74) is 2.66. The molecule has 5 atom stereocenters. The topological polar surface area (TPSA) is 105 Å². The van der Waals surface area contributed by atoms with Crippen LogP contribution in [-0.2, 0) is 22.4 Å². The molecule has 4 N–H and O–H groups in total. The molecule has 40 heavy (non-hydrogen) atoms. The van der Waals surface area contributed by atoms with Crippen molar-refractivity contribution in [3.8, 4) is 0 Å². The predicted molar refractivity (Wildman–Crippen MR) is 157 cm³/mol. The van der Waals surface area contributed by atoms with Gasteiger partial charge >= 0.3 is 0 Å². The Morgan fingerprint density at radius 3 is 2.45 bits per heavy atom. The van der Waals surface area contributed by atoms with E-state index in [1.165, 1.54) is 0 Å². The van der Waals surface area contributed by atoms with Crippen molar-refractivity contribution in [2.75, 3.05) is 32.7 Å².